The van der Waals surface area contributed by atoms with E-state index in [9.17, 15) is 23.1 Å². The van der Waals surface area contributed by atoms with Gasteiger partial charge in [0.15, 0.2) is 0 Å². The molecule has 1 aromatic carbocycles. The minimum Gasteiger partial charge on any atom is -0.465 e. The standard InChI is InChI=1S/C17H18BrClN4O5S2/c1-30(27,28)8-9-7-21(2-3-22(9)17(25)26)15-10-6-11(19)12(18)14-13(10)23(4-5-29-14)16(24)20-15/h6,9H,2-5,7-8H2,1H3,(H,25,26)/t9-/m0/s1. The number of thioether (sulfide) groups is 1. The maximum absolute atomic E-state index is 12.8. The second kappa shape index (κ2) is 7.88. The first-order chi connectivity index (χ1) is 14.1. The average molecular weight is 538 g/mol. The summed E-state index contributed by atoms with van der Waals surface area (Å²) in [5.41, 5.74) is 0.339. The van der Waals surface area contributed by atoms with Gasteiger partial charge in [-0.25, -0.2) is 18.0 Å². The molecule has 2 aromatic rings. The lowest BCUT2D eigenvalue weighted by molar-refractivity contribution is 0.123. The van der Waals surface area contributed by atoms with Crippen molar-refractivity contribution in [3.63, 3.8) is 0 Å². The van der Waals surface area contributed by atoms with Gasteiger partial charge in [-0.2, -0.15) is 4.98 Å². The highest BCUT2D eigenvalue weighted by Crippen LogP contribution is 2.43. The molecule has 0 spiro atoms. The van der Waals surface area contributed by atoms with Crippen LogP contribution in [0.15, 0.2) is 20.2 Å². The molecule has 1 amide bonds. The van der Waals surface area contributed by atoms with E-state index in [0.29, 0.717) is 22.8 Å². The van der Waals surface area contributed by atoms with Crippen LogP contribution in [0.2, 0.25) is 5.02 Å². The van der Waals surface area contributed by atoms with Crippen molar-refractivity contribution in [3.05, 3.63) is 26.0 Å². The van der Waals surface area contributed by atoms with Gasteiger partial charge in [-0.05, 0) is 22.0 Å². The Morgan fingerprint density at radius 2 is 2.13 bits per heavy atom. The fraction of sp³-hybridized carbons (Fsp3) is 0.471. The van der Waals surface area contributed by atoms with Gasteiger partial charge in [-0.15, -0.1) is 11.8 Å². The van der Waals surface area contributed by atoms with Crippen LogP contribution in [0.3, 0.4) is 0 Å². The molecule has 9 nitrogen and oxygen atoms in total. The van der Waals surface area contributed by atoms with Crippen molar-refractivity contribution >= 4 is 71.9 Å². The molecular formula is C17H18BrClN4O5S2. The summed E-state index contributed by atoms with van der Waals surface area (Å²) in [7, 11) is -3.42. The van der Waals surface area contributed by atoms with Crippen molar-refractivity contribution in [3.8, 4) is 0 Å². The van der Waals surface area contributed by atoms with E-state index in [2.05, 4.69) is 20.9 Å². The Labute approximate surface area is 190 Å². The predicted molar refractivity (Wildman–Crippen MR) is 120 cm³/mol. The van der Waals surface area contributed by atoms with E-state index in [1.54, 1.807) is 27.3 Å². The summed E-state index contributed by atoms with van der Waals surface area (Å²) in [5, 5.41) is 10.6. The minimum absolute atomic E-state index is 0.105. The van der Waals surface area contributed by atoms with E-state index in [1.807, 2.05) is 0 Å². The maximum Gasteiger partial charge on any atom is 0.407 e. The number of sulfone groups is 1. The first-order valence-electron chi connectivity index (χ1n) is 9.04. The largest absolute Gasteiger partial charge is 0.465 e. The van der Waals surface area contributed by atoms with Crippen LogP contribution in [0.1, 0.15) is 0 Å². The molecule has 4 rings (SSSR count). The summed E-state index contributed by atoms with van der Waals surface area (Å²) in [6.07, 6.45) is -0.0928. The molecule has 30 heavy (non-hydrogen) atoms. The zero-order valence-corrected chi connectivity index (χ0v) is 19.8. The van der Waals surface area contributed by atoms with Gasteiger partial charge in [0.25, 0.3) is 0 Å². The Morgan fingerprint density at radius 1 is 1.40 bits per heavy atom. The van der Waals surface area contributed by atoms with Crippen LogP contribution < -0.4 is 10.6 Å². The molecule has 2 aliphatic heterocycles. The lowest BCUT2D eigenvalue weighted by atomic mass is 10.1. The Bertz CT molecular complexity index is 1220. The van der Waals surface area contributed by atoms with E-state index in [1.165, 1.54) is 0 Å². The number of aryl methyl sites for hydroxylation is 1. The van der Waals surface area contributed by atoms with Crippen molar-refractivity contribution < 1.29 is 18.3 Å². The smallest absolute Gasteiger partial charge is 0.407 e. The molecule has 0 saturated carbocycles. The fourth-order valence-electron chi connectivity index (χ4n) is 3.95. The van der Waals surface area contributed by atoms with Crippen molar-refractivity contribution in [2.45, 2.75) is 17.5 Å². The zero-order valence-electron chi connectivity index (χ0n) is 15.8. The lowest BCUT2D eigenvalue weighted by Crippen LogP contribution is -2.57. The molecule has 1 aromatic heterocycles. The third-order valence-electron chi connectivity index (χ3n) is 5.18. The Balaban J connectivity index is 1.84. The van der Waals surface area contributed by atoms with Gasteiger partial charge in [0.2, 0.25) is 0 Å². The van der Waals surface area contributed by atoms with Gasteiger partial charge in [0.1, 0.15) is 15.7 Å². The van der Waals surface area contributed by atoms with Gasteiger partial charge < -0.3 is 14.9 Å². The van der Waals surface area contributed by atoms with Crippen molar-refractivity contribution in [2.24, 2.45) is 0 Å². The molecule has 1 N–H and O–H groups in total. The number of amides is 1. The minimum atomic E-state index is -3.42. The summed E-state index contributed by atoms with van der Waals surface area (Å²) in [4.78, 5) is 32.4. The number of benzene rings is 1. The highest BCUT2D eigenvalue weighted by molar-refractivity contribution is 9.10. The first kappa shape index (κ1) is 21.7. The number of hydrogen-bond acceptors (Lipinski definition) is 7. The number of hydrogen-bond donors (Lipinski definition) is 1. The quantitative estimate of drug-likeness (QED) is 0.634. The van der Waals surface area contributed by atoms with Crippen molar-refractivity contribution in [1.82, 2.24) is 14.5 Å². The summed E-state index contributed by atoms with van der Waals surface area (Å²) in [6, 6.07) is 0.974. The van der Waals surface area contributed by atoms with E-state index in [4.69, 9.17) is 11.6 Å². The first-order valence-corrected chi connectivity index (χ1v) is 13.3. The third kappa shape index (κ3) is 3.90. The Morgan fingerprint density at radius 3 is 2.80 bits per heavy atom. The highest BCUT2D eigenvalue weighted by Gasteiger charge is 2.34. The molecule has 0 aliphatic carbocycles. The van der Waals surface area contributed by atoms with Crippen LogP contribution in [-0.4, -0.2) is 77.5 Å². The second-order valence-corrected chi connectivity index (χ2v) is 11.8. The van der Waals surface area contributed by atoms with Crippen molar-refractivity contribution in [2.75, 3.05) is 42.3 Å². The number of piperazine rings is 1. The van der Waals surface area contributed by atoms with Crippen LogP contribution in [-0.2, 0) is 16.4 Å². The number of carbonyl (C=O) groups is 1. The van der Waals surface area contributed by atoms with Gasteiger partial charge >= 0.3 is 11.8 Å². The van der Waals surface area contributed by atoms with Crippen LogP contribution in [0, 0.1) is 0 Å². The number of nitrogens with zero attached hydrogens (tertiary/aromatic N) is 4. The molecule has 0 radical (unpaired) electrons. The highest BCUT2D eigenvalue weighted by atomic mass is 79.9. The summed E-state index contributed by atoms with van der Waals surface area (Å²) >= 11 is 11.5. The number of anilines is 1. The maximum atomic E-state index is 12.8. The fourth-order valence-corrected chi connectivity index (χ4v) is 6.91. The van der Waals surface area contributed by atoms with Crippen molar-refractivity contribution in [1.29, 1.82) is 0 Å². The average Bonchev–Trinajstić information content (AvgIpc) is 2.66. The van der Waals surface area contributed by atoms with E-state index in [0.717, 1.165) is 31.8 Å². The van der Waals surface area contributed by atoms with Crippen LogP contribution >= 0.6 is 39.3 Å². The molecule has 0 bridgehead atoms. The molecule has 1 fully saturated rings. The molecule has 162 valence electrons. The second-order valence-electron chi connectivity index (χ2n) is 7.28. The lowest BCUT2D eigenvalue weighted by Gasteiger charge is -2.40. The molecule has 1 saturated heterocycles. The number of carboxylic acid groups (broad SMARTS) is 1. The zero-order chi connectivity index (χ0) is 21.8. The Hall–Kier alpha value is -1.50. The van der Waals surface area contributed by atoms with Crippen LogP contribution in [0.25, 0.3) is 10.9 Å². The topological polar surface area (TPSA) is 113 Å². The predicted octanol–water partition coefficient (Wildman–Crippen LogP) is 2.13. The monoisotopic (exact) mass is 536 g/mol. The molecule has 13 heteroatoms. The van der Waals surface area contributed by atoms with E-state index >= 15 is 0 Å². The molecule has 3 heterocycles. The van der Waals surface area contributed by atoms with Crippen LogP contribution in [0.4, 0.5) is 10.6 Å². The van der Waals surface area contributed by atoms with E-state index < -0.39 is 27.7 Å². The van der Waals surface area contributed by atoms with Crippen LogP contribution in [0.5, 0.6) is 0 Å². The normalized spacial score (nSPS) is 19.4. The summed E-state index contributed by atoms with van der Waals surface area (Å²) < 4.78 is 26.1. The summed E-state index contributed by atoms with van der Waals surface area (Å²) in [5.74, 6) is 0.807. The van der Waals surface area contributed by atoms with Gasteiger partial charge in [-0.3, -0.25) is 4.57 Å². The van der Waals surface area contributed by atoms with E-state index in [-0.39, 0.29) is 25.4 Å². The third-order valence-corrected chi connectivity index (χ3v) is 8.85. The number of rotatable bonds is 3. The van der Waals surface area contributed by atoms with Gasteiger partial charge in [-0.1, -0.05) is 11.6 Å². The SMILES string of the molecule is CS(=O)(=O)C[C@@H]1CN(c2nc(=O)n3c4c(c(Br)c(Cl)cc24)SCC3)CCN1C(=O)O. The molecule has 2 aliphatic rings. The Kier molecular flexibility index (Phi) is 5.71. The number of halogens is 2. The molecule has 1 atom stereocenters. The van der Waals surface area contributed by atoms with Gasteiger partial charge in [0, 0.05) is 48.5 Å². The number of aromatic nitrogens is 2. The van der Waals surface area contributed by atoms with Gasteiger partial charge in [0.05, 0.1) is 26.8 Å². The summed E-state index contributed by atoms with van der Waals surface area (Å²) in [6.45, 7) is 1.03. The molecular weight excluding hydrogens is 520 g/mol. The molecule has 0 unspecified atom stereocenters.